The highest BCUT2D eigenvalue weighted by atomic mass is 16.6. The minimum Gasteiger partial charge on any atom is -0.461 e. The van der Waals surface area contributed by atoms with Crippen molar-refractivity contribution in [3.63, 3.8) is 0 Å². The van der Waals surface area contributed by atoms with Crippen LogP contribution in [0.3, 0.4) is 0 Å². The molecule has 14 nitrogen and oxygen atoms in total. The van der Waals surface area contributed by atoms with E-state index in [1.165, 1.54) is 39.8 Å². The average Bonchev–Trinajstić information content (AvgIpc) is 3.43. The summed E-state index contributed by atoms with van der Waals surface area (Å²) in [5, 5.41) is 0. The van der Waals surface area contributed by atoms with Crippen molar-refractivity contribution in [3.8, 4) is 0 Å². The Hall–Kier alpha value is -4.59. The van der Waals surface area contributed by atoms with Crippen LogP contribution >= 0.6 is 0 Å². The van der Waals surface area contributed by atoms with Gasteiger partial charge in [0.15, 0.2) is 17.3 Å². The molecule has 0 spiro atoms. The van der Waals surface area contributed by atoms with E-state index in [9.17, 15) is 28.8 Å². The molecule has 0 amide bonds. The largest absolute Gasteiger partial charge is 0.461 e. The van der Waals surface area contributed by atoms with E-state index >= 15 is 4.79 Å². The molecule has 2 bridgehead atoms. The third-order valence-corrected chi connectivity index (χ3v) is 10.7. The van der Waals surface area contributed by atoms with E-state index < -0.39 is 112 Å². The van der Waals surface area contributed by atoms with Crippen molar-refractivity contribution in [1.82, 2.24) is 0 Å². The number of fused-ring (bicyclic) bond motifs is 1. The van der Waals surface area contributed by atoms with Gasteiger partial charge in [0.05, 0.1) is 23.5 Å². The molecule has 51 heavy (non-hydrogen) atoms. The molecular formula is C37H44O14. The highest BCUT2D eigenvalue weighted by Crippen LogP contribution is 2.68. The molecule has 276 valence electrons. The van der Waals surface area contributed by atoms with Gasteiger partial charge in [-0.05, 0) is 45.9 Å². The Morgan fingerprint density at radius 3 is 1.90 bits per heavy atom. The Bertz CT molecular complexity index is 1680. The van der Waals surface area contributed by atoms with Crippen LogP contribution in [-0.4, -0.2) is 88.9 Å². The lowest BCUT2D eigenvalue weighted by Gasteiger charge is -2.53. The smallest absolute Gasteiger partial charge is 0.338 e. The molecule has 0 aromatic heterocycles. The van der Waals surface area contributed by atoms with Gasteiger partial charge in [0.2, 0.25) is 5.78 Å². The van der Waals surface area contributed by atoms with Gasteiger partial charge in [-0.15, -0.1) is 0 Å². The van der Waals surface area contributed by atoms with Crippen LogP contribution in [0.5, 0.6) is 0 Å². The van der Waals surface area contributed by atoms with Crippen LogP contribution in [0, 0.1) is 23.2 Å². The third-order valence-electron chi connectivity index (χ3n) is 10.7. The lowest BCUT2D eigenvalue weighted by Crippen LogP contribution is -2.64. The van der Waals surface area contributed by atoms with E-state index in [4.69, 9.17) is 33.2 Å². The maximum Gasteiger partial charge on any atom is 0.338 e. The second kappa shape index (κ2) is 12.9. The zero-order chi connectivity index (χ0) is 37.9. The van der Waals surface area contributed by atoms with Crippen LogP contribution in [0.2, 0.25) is 0 Å². The molecule has 10 atom stereocenters. The third kappa shape index (κ3) is 6.10. The van der Waals surface area contributed by atoms with Gasteiger partial charge in [-0.25, -0.2) is 4.79 Å². The molecule has 0 radical (unpaired) electrons. The summed E-state index contributed by atoms with van der Waals surface area (Å²) in [7, 11) is 0. The van der Waals surface area contributed by atoms with Gasteiger partial charge in [-0.1, -0.05) is 24.3 Å². The lowest BCUT2D eigenvalue weighted by molar-refractivity contribution is -0.215. The number of esters is 6. The average molecular weight is 713 g/mol. The zero-order valence-corrected chi connectivity index (χ0v) is 30.1. The summed E-state index contributed by atoms with van der Waals surface area (Å²) in [4.78, 5) is 93.6. The molecule has 3 fully saturated rings. The van der Waals surface area contributed by atoms with Crippen molar-refractivity contribution in [3.05, 3.63) is 48.0 Å². The second-order valence-electron chi connectivity index (χ2n) is 14.8. The van der Waals surface area contributed by atoms with Gasteiger partial charge in [-0.2, -0.15) is 0 Å². The van der Waals surface area contributed by atoms with Gasteiger partial charge in [0, 0.05) is 52.9 Å². The number of hydrogen-bond acceptors (Lipinski definition) is 14. The van der Waals surface area contributed by atoms with Crippen LogP contribution in [0.15, 0.2) is 42.5 Å². The van der Waals surface area contributed by atoms with E-state index in [0.717, 1.165) is 20.8 Å². The van der Waals surface area contributed by atoms with E-state index in [0.29, 0.717) is 0 Å². The van der Waals surface area contributed by atoms with Gasteiger partial charge in [0.1, 0.15) is 23.4 Å². The van der Waals surface area contributed by atoms with Crippen LogP contribution in [0.1, 0.15) is 79.1 Å². The molecule has 5 rings (SSSR count). The predicted molar refractivity (Wildman–Crippen MR) is 173 cm³/mol. The van der Waals surface area contributed by atoms with Crippen LogP contribution in [0.4, 0.5) is 0 Å². The monoisotopic (exact) mass is 712 g/mol. The van der Waals surface area contributed by atoms with Crippen molar-refractivity contribution in [2.45, 2.75) is 109 Å². The fraction of sp³-hybridized carbons (Fsp3) is 0.595. The Morgan fingerprint density at radius 1 is 0.765 bits per heavy atom. The fourth-order valence-corrected chi connectivity index (χ4v) is 9.28. The van der Waals surface area contributed by atoms with Crippen molar-refractivity contribution < 1.29 is 66.7 Å². The molecule has 0 N–H and O–H groups in total. The quantitative estimate of drug-likeness (QED) is 0.217. The number of rotatable bonds is 8. The van der Waals surface area contributed by atoms with E-state index in [2.05, 4.69) is 0 Å². The minimum atomic E-state index is -2.31. The molecule has 1 aromatic carbocycles. The molecule has 14 heteroatoms. The number of benzene rings is 1. The maximum atomic E-state index is 15.6. The van der Waals surface area contributed by atoms with E-state index in [1.54, 1.807) is 44.2 Å². The first-order chi connectivity index (χ1) is 23.6. The maximum absolute atomic E-state index is 15.6. The van der Waals surface area contributed by atoms with Crippen LogP contribution in [-0.2, 0) is 61.9 Å². The second-order valence-corrected chi connectivity index (χ2v) is 14.8. The normalized spacial score (nSPS) is 36.5. The first-order valence-corrected chi connectivity index (χ1v) is 16.7. The Kier molecular flexibility index (Phi) is 9.51. The Labute approximate surface area is 295 Å². The molecule has 3 aliphatic carbocycles. The molecule has 4 aliphatic rings. The summed E-state index contributed by atoms with van der Waals surface area (Å²) in [6.07, 6.45) is -1.68. The summed E-state index contributed by atoms with van der Waals surface area (Å²) in [5.41, 5.74) is -8.92. The van der Waals surface area contributed by atoms with Crippen molar-refractivity contribution >= 4 is 41.6 Å². The summed E-state index contributed by atoms with van der Waals surface area (Å²) >= 11 is 0. The minimum absolute atomic E-state index is 0.147. The standard InChI is InChI=1S/C37H44O14/c1-19(38)46-26-16-15-25(33(6,7)49-22(4)41)28-35(9)32(44)37(50-23(5)42)17-34(8,51-31(43)24-13-11-10-12-14-24)29(47-20(2)39)27(37)30(48-21(3)40)36(26,28)18-45-35/h10-16,25-30H,17-18H2,1-9H3/t25-,26+,27+,28-,29+,30+,34+,35+,36+,37+/m0/s1. The van der Waals surface area contributed by atoms with E-state index in [1.807, 2.05) is 0 Å². The molecule has 1 aromatic rings. The van der Waals surface area contributed by atoms with Crippen molar-refractivity contribution in [2.24, 2.45) is 23.2 Å². The lowest BCUT2D eigenvalue weighted by atomic mass is 9.54. The number of ketones is 1. The number of Topliss-reactive ketones (excluding diaryl/α,β-unsaturated/α-hetero) is 1. The van der Waals surface area contributed by atoms with Crippen LogP contribution < -0.4 is 0 Å². The summed E-state index contributed by atoms with van der Waals surface area (Å²) in [6, 6.07) is 7.96. The molecular weight excluding hydrogens is 668 g/mol. The predicted octanol–water partition coefficient (Wildman–Crippen LogP) is 3.22. The van der Waals surface area contributed by atoms with E-state index in [-0.39, 0.29) is 12.2 Å². The molecule has 1 saturated heterocycles. The van der Waals surface area contributed by atoms with Gasteiger partial charge >= 0.3 is 35.8 Å². The molecule has 0 unspecified atom stereocenters. The molecule has 1 aliphatic heterocycles. The Morgan fingerprint density at radius 2 is 1.35 bits per heavy atom. The first kappa shape index (κ1) is 37.7. The van der Waals surface area contributed by atoms with Crippen molar-refractivity contribution in [1.29, 1.82) is 0 Å². The zero-order valence-electron chi connectivity index (χ0n) is 30.1. The Balaban J connectivity index is 1.85. The van der Waals surface area contributed by atoms with Gasteiger partial charge in [0.25, 0.3) is 0 Å². The molecule has 2 saturated carbocycles. The highest BCUT2D eigenvalue weighted by molar-refractivity contribution is 5.99. The van der Waals surface area contributed by atoms with Gasteiger partial charge < -0.3 is 33.2 Å². The number of carbonyl (C=O) groups excluding carboxylic acids is 7. The summed E-state index contributed by atoms with van der Waals surface area (Å²) in [5.74, 6) is -8.99. The van der Waals surface area contributed by atoms with Crippen molar-refractivity contribution in [2.75, 3.05) is 6.61 Å². The number of carbonyl (C=O) groups is 7. The van der Waals surface area contributed by atoms with Gasteiger partial charge in [-0.3, -0.25) is 28.8 Å². The summed E-state index contributed by atoms with van der Waals surface area (Å²) in [6.45, 7) is 11.6. The molecule has 1 heterocycles. The number of ether oxygens (including phenoxy) is 7. The fourth-order valence-electron chi connectivity index (χ4n) is 9.28. The van der Waals surface area contributed by atoms with Crippen LogP contribution in [0.25, 0.3) is 0 Å². The summed E-state index contributed by atoms with van der Waals surface area (Å²) < 4.78 is 42.5. The number of hydrogen-bond donors (Lipinski definition) is 0. The highest BCUT2D eigenvalue weighted by Gasteiger charge is 2.84. The first-order valence-electron chi connectivity index (χ1n) is 16.7. The SMILES string of the molecule is CC(=O)O[C@@H]1[C@H]2[C@@H](OC(C)=O)[C@](C)(OC(=O)c3ccccc3)C[C@]2(OC(C)=O)C(=O)[C@]2(C)OC[C@@]13[C@H]2[C@@H](C(C)(C)OC(C)=O)C=C[C@H]3OC(C)=O. The topological polar surface area (TPSA) is 184 Å².